The Labute approximate surface area is 205 Å². The second kappa shape index (κ2) is 10.5. The van der Waals surface area contributed by atoms with Crippen LogP contribution >= 0.6 is 0 Å². The Bertz CT molecular complexity index is 1050. The van der Waals surface area contributed by atoms with Crippen molar-refractivity contribution in [3.05, 3.63) is 59.7 Å². The van der Waals surface area contributed by atoms with Crippen molar-refractivity contribution in [2.45, 2.75) is 37.6 Å². The Balaban J connectivity index is 1.37. The molecule has 2 aromatic rings. The second-order valence-electron chi connectivity index (χ2n) is 9.56. The van der Waals surface area contributed by atoms with Gasteiger partial charge < -0.3 is 25.2 Å². The van der Waals surface area contributed by atoms with E-state index in [9.17, 15) is 19.5 Å². The number of rotatable bonds is 10. The molecule has 8 heteroatoms. The van der Waals surface area contributed by atoms with Gasteiger partial charge in [0.2, 0.25) is 5.91 Å². The minimum Gasteiger partial charge on any atom is -0.479 e. The number of aliphatic carboxylic acids is 1. The van der Waals surface area contributed by atoms with E-state index in [1.807, 2.05) is 24.3 Å². The summed E-state index contributed by atoms with van der Waals surface area (Å²) in [6.07, 6.45) is 2.13. The summed E-state index contributed by atoms with van der Waals surface area (Å²) in [7, 11) is 1.38. The molecule has 4 rings (SSSR count). The summed E-state index contributed by atoms with van der Waals surface area (Å²) >= 11 is 0. The van der Waals surface area contributed by atoms with Crippen LogP contribution in [-0.2, 0) is 19.1 Å². The number of hydrogen-bond donors (Lipinski definition) is 3. The van der Waals surface area contributed by atoms with Crippen LogP contribution in [0.5, 0.6) is 0 Å². The van der Waals surface area contributed by atoms with Crippen LogP contribution in [0, 0.1) is 11.8 Å². The van der Waals surface area contributed by atoms with E-state index in [0.717, 1.165) is 41.5 Å². The summed E-state index contributed by atoms with van der Waals surface area (Å²) in [5, 5.41) is 14.9. The molecular weight excluding hydrogens is 448 g/mol. The molecular formula is C27H32N2O6. The quantitative estimate of drug-likeness (QED) is 0.479. The lowest BCUT2D eigenvalue weighted by Gasteiger charge is -2.35. The molecule has 0 heterocycles. The molecule has 2 amide bonds. The van der Waals surface area contributed by atoms with Crippen molar-refractivity contribution in [2.24, 2.45) is 11.8 Å². The average Bonchev–Trinajstić information content (AvgIpc) is 3.12. The van der Waals surface area contributed by atoms with Gasteiger partial charge in [-0.2, -0.15) is 0 Å². The highest BCUT2D eigenvalue weighted by molar-refractivity contribution is 5.88. The number of methoxy groups -OCH3 is 1. The average molecular weight is 481 g/mol. The third-order valence-electron chi connectivity index (χ3n) is 7.17. The first-order valence-corrected chi connectivity index (χ1v) is 12.0. The van der Waals surface area contributed by atoms with Gasteiger partial charge in [0.15, 0.2) is 5.54 Å². The molecule has 35 heavy (non-hydrogen) atoms. The summed E-state index contributed by atoms with van der Waals surface area (Å²) in [5.74, 6) is -2.09. The molecule has 1 saturated carbocycles. The number of benzene rings is 2. The molecule has 1 fully saturated rings. The number of carboxylic acids is 1. The van der Waals surface area contributed by atoms with Gasteiger partial charge in [-0.25, -0.2) is 9.59 Å². The zero-order chi connectivity index (χ0) is 25.0. The molecule has 3 N–H and O–H groups in total. The highest BCUT2D eigenvalue weighted by Gasteiger charge is 2.40. The molecule has 2 atom stereocenters. The smallest absolute Gasteiger partial charge is 0.407 e. The van der Waals surface area contributed by atoms with Crippen LogP contribution in [0.25, 0.3) is 11.1 Å². The van der Waals surface area contributed by atoms with E-state index in [4.69, 9.17) is 9.47 Å². The lowest BCUT2D eigenvalue weighted by atomic mass is 9.75. The van der Waals surface area contributed by atoms with Crippen LogP contribution in [0.4, 0.5) is 4.79 Å². The van der Waals surface area contributed by atoms with Crippen molar-refractivity contribution >= 4 is 18.0 Å². The number of fused-ring (bicyclic) bond motifs is 3. The minimum absolute atomic E-state index is 0.0517. The fourth-order valence-corrected chi connectivity index (χ4v) is 4.96. The molecule has 2 aliphatic carbocycles. The molecule has 2 aromatic carbocycles. The maximum Gasteiger partial charge on any atom is 0.407 e. The van der Waals surface area contributed by atoms with Gasteiger partial charge >= 0.3 is 12.1 Å². The van der Waals surface area contributed by atoms with Gasteiger partial charge in [-0.3, -0.25) is 4.79 Å². The topological polar surface area (TPSA) is 114 Å². The number of carboxylic acid groups (broad SMARTS) is 1. The van der Waals surface area contributed by atoms with E-state index < -0.39 is 29.4 Å². The summed E-state index contributed by atoms with van der Waals surface area (Å²) in [5.41, 5.74) is 3.00. The summed E-state index contributed by atoms with van der Waals surface area (Å²) in [6, 6.07) is 16.2. The van der Waals surface area contributed by atoms with Crippen molar-refractivity contribution in [2.75, 3.05) is 26.9 Å². The van der Waals surface area contributed by atoms with Crippen molar-refractivity contribution in [1.82, 2.24) is 10.6 Å². The van der Waals surface area contributed by atoms with E-state index in [0.29, 0.717) is 0 Å². The van der Waals surface area contributed by atoms with Crippen LogP contribution in [0.3, 0.4) is 0 Å². The molecule has 0 radical (unpaired) electrons. The van der Waals surface area contributed by atoms with E-state index in [-0.39, 0.29) is 31.6 Å². The maximum absolute atomic E-state index is 13.0. The number of carbonyl (C=O) groups is 3. The fraction of sp³-hybridized carbons (Fsp3) is 0.444. The number of hydrogen-bond acceptors (Lipinski definition) is 5. The van der Waals surface area contributed by atoms with E-state index in [1.165, 1.54) is 14.0 Å². The Kier molecular flexibility index (Phi) is 7.40. The number of ether oxygens (including phenoxy) is 2. The van der Waals surface area contributed by atoms with Gasteiger partial charge in [-0.1, -0.05) is 55.0 Å². The predicted octanol–water partition coefficient (Wildman–Crippen LogP) is 3.55. The van der Waals surface area contributed by atoms with Crippen LogP contribution in [0.1, 0.15) is 43.2 Å². The number of carbonyl (C=O) groups excluding carboxylic acids is 2. The molecule has 186 valence electrons. The standard InChI is InChI=1S/C27H32N2O6/c1-27(16-34-2,25(31)32)29-24(30)22(17-8-7-9-17)14-28-26(33)35-15-23-20-12-5-3-10-18(20)19-11-4-6-13-21(19)23/h3-6,10-13,17,22-23H,7-9,14-16H2,1-2H3,(H,28,33)(H,29,30)(H,31,32). The first kappa shape index (κ1) is 24.7. The minimum atomic E-state index is -1.54. The van der Waals surface area contributed by atoms with Gasteiger partial charge in [-0.05, 0) is 47.9 Å². The third kappa shape index (κ3) is 5.17. The Hall–Kier alpha value is -3.39. The molecule has 0 aromatic heterocycles. The summed E-state index contributed by atoms with van der Waals surface area (Å²) < 4.78 is 10.6. The monoisotopic (exact) mass is 480 g/mol. The molecule has 0 spiro atoms. The van der Waals surface area contributed by atoms with Gasteiger partial charge in [0.1, 0.15) is 6.61 Å². The number of amides is 2. The van der Waals surface area contributed by atoms with Crippen molar-refractivity contribution in [3.8, 4) is 11.1 Å². The maximum atomic E-state index is 13.0. The van der Waals surface area contributed by atoms with Crippen LogP contribution in [-0.4, -0.2) is 55.5 Å². The normalized spacial score (nSPS) is 17.3. The van der Waals surface area contributed by atoms with Crippen LogP contribution in [0.2, 0.25) is 0 Å². The highest BCUT2D eigenvalue weighted by Crippen LogP contribution is 2.44. The molecule has 2 aliphatic rings. The fourth-order valence-electron chi connectivity index (χ4n) is 4.96. The number of alkyl carbamates (subject to hydrolysis) is 1. The van der Waals surface area contributed by atoms with E-state index >= 15 is 0 Å². The molecule has 0 aliphatic heterocycles. The number of nitrogens with one attached hydrogen (secondary N) is 2. The van der Waals surface area contributed by atoms with Crippen molar-refractivity contribution in [1.29, 1.82) is 0 Å². The van der Waals surface area contributed by atoms with Gasteiger partial charge in [-0.15, -0.1) is 0 Å². The van der Waals surface area contributed by atoms with Gasteiger partial charge in [0.25, 0.3) is 0 Å². The lowest BCUT2D eigenvalue weighted by molar-refractivity contribution is -0.150. The van der Waals surface area contributed by atoms with Crippen molar-refractivity contribution in [3.63, 3.8) is 0 Å². The molecule has 0 bridgehead atoms. The third-order valence-corrected chi connectivity index (χ3v) is 7.17. The zero-order valence-corrected chi connectivity index (χ0v) is 20.1. The predicted molar refractivity (Wildman–Crippen MR) is 130 cm³/mol. The van der Waals surface area contributed by atoms with Gasteiger partial charge in [0, 0.05) is 19.6 Å². The van der Waals surface area contributed by atoms with Crippen LogP contribution < -0.4 is 10.6 Å². The first-order chi connectivity index (χ1) is 16.8. The Morgan fingerprint density at radius 2 is 1.66 bits per heavy atom. The van der Waals surface area contributed by atoms with E-state index in [2.05, 4.69) is 34.9 Å². The second-order valence-corrected chi connectivity index (χ2v) is 9.56. The molecule has 0 saturated heterocycles. The summed E-state index contributed by atoms with van der Waals surface area (Å²) in [4.78, 5) is 37.3. The lowest BCUT2D eigenvalue weighted by Crippen LogP contribution is -2.58. The van der Waals surface area contributed by atoms with E-state index in [1.54, 1.807) is 0 Å². The molecule has 8 nitrogen and oxygen atoms in total. The largest absolute Gasteiger partial charge is 0.479 e. The molecule has 2 unspecified atom stereocenters. The highest BCUT2D eigenvalue weighted by atomic mass is 16.5. The Morgan fingerprint density at radius 3 is 2.17 bits per heavy atom. The zero-order valence-electron chi connectivity index (χ0n) is 20.1. The first-order valence-electron chi connectivity index (χ1n) is 12.0. The Morgan fingerprint density at radius 1 is 1.06 bits per heavy atom. The van der Waals surface area contributed by atoms with Gasteiger partial charge in [0.05, 0.1) is 12.5 Å². The van der Waals surface area contributed by atoms with Crippen LogP contribution in [0.15, 0.2) is 48.5 Å². The summed E-state index contributed by atoms with van der Waals surface area (Å²) in [6.45, 7) is 1.51. The van der Waals surface area contributed by atoms with Crippen molar-refractivity contribution < 1.29 is 29.0 Å². The SMILES string of the molecule is COCC(C)(NC(=O)C(CNC(=O)OCC1c2ccccc2-c2ccccc21)C1CCC1)C(=O)O.